The van der Waals surface area contributed by atoms with Crippen LogP contribution in [0.5, 0.6) is 0 Å². The van der Waals surface area contributed by atoms with Crippen molar-refractivity contribution < 1.29 is 4.79 Å². The Bertz CT molecular complexity index is 769. The lowest BCUT2D eigenvalue weighted by atomic mass is 10.00. The molecule has 0 bridgehead atoms. The number of benzene rings is 2. The van der Waals surface area contributed by atoms with Gasteiger partial charge in [0.2, 0.25) is 0 Å². The van der Waals surface area contributed by atoms with Crippen molar-refractivity contribution in [2.75, 3.05) is 18.4 Å². The summed E-state index contributed by atoms with van der Waals surface area (Å²) in [6.45, 7) is 13.4. The van der Waals surface area contributed by atoms with Gasteiger partial charge in [-0.1, -0.05) is 75.7 Å². The van der Waals surface area contributed by atoms with Gasteiger partial charge < -0.3 is 15.1 Å². The first-order valence-electron chi connectivity index (χ1n) is 12.0. The zero-order valence-electron chi connectivity index (χ0n) is 20.1. The average Bonchev–Trinajstić information content (AvgIpc) is 2.81. The zero-order valence-corrected chi connectivity index (χ0v) is 20.1. The molecule has 2 amide bonds. The number of rotatable bonds is 7. The smallest absolute Gasteiger partial charge is 0.317 e. The van der Waals surface area contributed by atoms with Crippen LogP contribution < -0.4 is 5.32 Å². The first-order valence-corrected chi connectivity index (χ1v) is 12.0. The number of nitrogens with zero attached hydrogens (tertiary/aromatic N) is 2. The molecule has 0 radical (unpaired) electrons. The number of piperidine rings is 1. The topological polar surface area (TPSA) is 35.6 Å². The Morgan fingerprint density at radius 3 is 2.29 bits per heavy atom. The highest BCUT2D eigenvalue weighted by Crippen LogP contribution is 2.23. The van der Waals surface area contributed by atoms with Crippen LogP contribution in [0.2, 0.25) is 0 Å². The predicted molar refractivity (Wildman–Crippen MR) is 132 cm³/mol. The molecule has 1 aliphatic rings. The highest BCUT2D eigenvalue weighted by molar-refractivity contribution is 5.90. The van der Waals surface area contributed by atoms with Gasteiger partial charge in [-0.2, -0.15) is 0 Å². The Kier molecular flexibility index (Phi) is 10.6. The van der Waals surface area contributed by atoms with Crippen LogP contribution in [0, 0.1) is 6.92 Å². The number of nitrogens with one attached hydrogen (secondary N) is 1. The molecule has 0 aliphatic carbocycles. The molecule has 1 aliphatic heterocycles. The zero-order chi connectivity index (χ0) is 22.6. The Hall–Kier alpha value is -2.33. The summed E-state index contributed by atoms with van der Waals surface area (Å²) < 4.78 is 0. The van der Waals surface area contributed by atoms with Gasteiger partial charge >= 0.3 is 6.03 Å². The quantitative estimate of drug-likeness (QED) is 0.537. The summed E-state index contributed by atoms with van der Waals surface area (Å²) in [6.07, 6.45) is 4.52. The van der Waals surface area contributed by atoms with Crippen LogP contribution in [-0.2, 0) is 6.54 Å². The van der Waals surface area contributed by atoms with Gasteiger partial charge in [-0.15, -0.1) is 0 Å². The molecule has 4 nitrogen and oxygen atoms in total. The second-order valence-electron chi connectivity index (χ2n) is 8.26. The molecule has 0 spiro atoms. The van der Waals surface area contributed by atoms with Crippen molar-refractivity contribution in [3.8, 4) is 0 Å². The Morgan fingerprint density at radius 1 is 1.06 bits per heavy atom. The molecule has 4 heteroatoms. The van der Waals surface area contributed by atoms with Gasteiger partial charge in [0.15, 0.2) is 0 Å². The molecule has 3 rings (SSSR count). The predicted octanol–water partition coefficient (Wildman–Crippen LogP) is 6.71. The second kappa shape index (κ2) is 13.2. The molecular weight excluding hydrogens is 382 g/mol. The summed E-state index contributed by atoms with van der Waals surface area (Å²) in [5.41, 5.74) is 3.16. The van der Waals surface area contributed by atoms with E-state index in [0.29, 0.717) is 12.6 Å². The van der Waals surface area contributed by atoms with Crippen LogP contribution in [0.25, 0.3) is 0 Å². The first-order chi connectivity index (χ1) is 15.1. The number of likely N-dealkylation sites (tertiary alicyclic amines) is 1. The van der Waals surface area contributed by atoms with E-state index in [1.54, 1.807) is 0 Å². The van der Waals surface area contributed by atoms with Crippen molar-refractivity contribution in [3.05, 3.63) is 65.7 Å². The van der Waals surface area contributed by atoms with E-state index in [9.17, 15) is 4.79 Å². The fraction of sp³-hybridized carbons (Fsp3) is 0.519. The van der Waals surface area contributed by atoms with Gasteiger partial charge in [-0.25, -0.2) is 4.79 Å². The number of aryl methyl sites for hydroxylation is 1. The maximum Gasteiger partial charge on any atom is 0.322 e. The highest BCUT2D eigenvalue weighted by Gasteiger charge is 2.29. The molecule has 1 atom stereocenters. The largest absolute Gasteiger partial charge is 0.322 e. The van der Waals surface area contributed by atoms with E-state index >= 15 is 0 Å². The molecule has 1 saturated heterocycles. The van der Waals surface area contributed by atoms with Gasteiger partial charge in [0.25, 0.3) is 0 Å². The monoisotopic (exact) mass is 423 g/mol. The maximum absolute atomic E-state index is 13.3. The maximum atomic E-state index is 13.3. The summed E-state index contributed by atoms with van der Waals surface area (Å²) in [7, 11) is 0. The summed E-state index contributed by atoms with van der Waals surface area (Å²) in [5.74, 6) is 0. The minimum Gasteiger partial charge on any atom is -0.317 e. The minimum atomic E-state index is 0.00297. The van der Waals surface area contributed by atoms with Crippen LogP contribution in [0.15, 0.2) is 54.6 Å². The van der Waals surface area contributed by atoms with E-state index in [0.717, 1.165) is 37.2 Å². The summed E-state index contributed by atoms with van der Waals surface area (Å²) >= 11 is 0. The van der Waals surface area contributed by atoms with Crippen molar-refractivity contribution in [2.45, 2.75) is 78.9 Å². The van der Waals surface area contributed by atoms with Gasteiger partial charge in [0.1, 0.15) is 0 Å². The average molecular weight is 424 g/mol. The molecule has 1 heterocycles. The Balaban J connectivity index is 0.00000166. The van der Waals surface area contributed by atoms with Crippen molar-refractivity contribution in [1.82, 2.24) is 9.80 Å². The normalized spacial score (nSPS) is 15.5. The number of carbonyl (C=O) groups is 1. The van der Waals surface area contributed by atoms with Crippen molar-refractivity contribution in [3.63, 3.8) is 0 Å². The number of hydrogen-bond donors (Lipinski definition) is 1. The lowest BCUT2D eigenvalue weighted by molar-refractivity contribution is 0.0989. The fourth-order valence-corrected chi connectivity index (χ4v) is 4.29. The Labute approximate surface area is 189 Å². The minimum absolute atomic E-state index is 0.00297. The number of urea groups is 1. The van der Waals surface area contributed by atoms with Crippen molar-refractivity contribution in [2.24, 2.45) is 0 Å². The molecule has 1 N–H and O–H groups in total. The molecule has 1 fully saturated rings. The van der Waals surface area contributed by atoms with E-state index in [1.165, 1.54) is 18.4 Å². The van der Waals surface area contributed by atoms with E-state index in [4.69, 9.17) is 0 Å². The lowest BCUT2D eigenvalue weighted by Crippen LogP contribution is -2.50. The van der Waals surface area contributed by atoms with Crippen molar-refractivity contribution in [1.29, 1.82) is 0 Å². The molecule has 2 aromatic carbocycles. The first kappa shape index (κ1) is 24.9. The van der Waals surface area contributed by atoms with Gasteiger partial charge in [0.05, 0.1) is 0 Å². The SMILES string of the molecule is CC.CCCC(C)N1CCC(N(Cc2ccccc2)C(=O)Nc2ccccc2C)CC1. The van der Waals surface area contributed by atoms with Crippen molar-refractivity contribution >= 4 is 11.7 Å². The second-order valence-corrected chi connectivity index (χ2v) is 8.26. The molecular formula is C27H41N3O. The third-order valence-corrected chi connectivity index (χ3v) is 6.11. The van der Waals surface area contributed by atoms with Gasteiger partial charge in [0, 0.05) is 37.4 Å². The number of hydrogen-bond acceptors (Lipinski definition) is 2. The summed E-state index contributed by atoms with van der Waals surface area (Å²) in [5, 5.41) is 3.16. The fourth-order valence-electron chi connectivity index (χ4n) is 4.29. The van der Waals surface area contributed by atoms with E-state index in [2.05, 4.69) is 36.2 Å². The molecule has 0 saturated carbocycles. The van der Waals surface area contributed by atoms with Crippen LogP contribution >= 0.6 is 0 Å². The van der Waals surface area contributed by atoms with Crippen LogP contribution in [0.1, 0.15) is 64.5 Å². The summed E-state index contributed by atoms with van der Waals surface area (Å²) in [6, 6.07) is 19.2. The third kappa shape index (κ3) is 7.39. The molecule has 31 heavy (non-hydrogen) atoms. The van der Waals surface area contributed by atoms with E-state index in [-0.39, 0.29) is 12.1 Å². The third-order valence-electron chi connectivity index (χ3n) is 6.11. The molecule has 1 unspecified atom stereocenters. The van der Waals surface area contributed by atoms with E-state index < -0.39 is 0 Å². The van der Waals surface area contributed by atoms with Gasteiger partial charge in [-0.3, -0.25) is 0 Å². The highest BCUT2D eigenvalue weighted by atomic mass is 16.2. The van der Waals surface area contributed by atoms with Crippen LogP contribution in [0.3, 0.4) is 0 Å². The molecule has 170 valence electrons. The Morgan fingerprint density at radius 2 is 1.68 bits per heavy atom. The standard InChI is InChI=1S/C25H35N3O.C2H6/c1-4-10-21(3)27-17-15-23(16-18-27)28(19-22-12-6-5-7-13-22)25(29)26-24-14-9-8-11-20(24)2;1-2/h5-9,11-14,21,23H,4,10,15-19H2,1-3H3,(H,26,29);1-2H3. The summed E-state index contributed by atoms with van der Waals surface area (Å²) in [4.78, 5) is 17.9. The molecule has 0 aromatic heterocycles. The van der Waals surface area contributed by atoms with Crippen LogP contribution in [0.4, 0.5) is 10.5 Å². The number of amides is 2. The van der Waals surface area contributed by atoms with E-state index in [1.807, 2.05) is 68.1 Å². The van der Waals surface area contributed by atoms with Gasteiger partial charge in [-0.05, 0) is 50.3 Å². The molecule has 2 aromatic rings. The van der Waals surface area contributed by atoms with Crippen LogP contribution in [-0.4, -0.2) is 41.0 Å². The number of anilines is 1. The number of para-hydroxylation sites is 1. The number of carbonyl (C=O) groups excluding carboxylic acids is 1. The lowest BCUT2D eigenvalue weighted by Gasteiger charge is -2.40.